The number of anilines is 2. The van der Waals surface area contributed by atoms with Crippen molar-refractivity contribution in [2.75, 3.05) is 18.4 Å². The summed E-state index contributed by atoms with van der Waals surface area (Å²) in [5.41, 5.74) is 1.09. The lowest BCUT2D eigenvalue weighted by atomic mass is 9.99. The first kappa shape index (κ1) is 16.6. The van der Waals surface area contributed by atoms with Gasteiger partial charge in [0.15, 0.2) is 5.13 Å². The van der Waals surface area contributed by atoms with Gasteiger partial charge in [0.05, 0.1) is 5.69 Å². The molecule has 124 valence electrons. The summed E-state index contributed by atoms with van der Waals surface area (Å²) in [6, 6.07) is 1.72. The van der Waals surface area contributed by atoms with E-state index >= 15 is 0 Å². The number of likely N-dealkylation sites (tertiary alicyclic amines) is 1. The molecular weight excluding hydrogens is 330 g/mol. The number of aryl methyl sites for hydroxylation is 2. The molecule has 0 amide bonds. The fourth-order valence-corrected chi connectivity index (χ4v) is 3.99. The van der Waals surface area contributed by atoms with E-state index in [4.69, 9.17) is 11.6 Å². The molecule has 3 rings (SSSR count). The number of rotatable bonds is 4. The number of aromatic nitrogens is 3. The van der Waals surface area contributed by atoms with Gasteiger partial charge in [0, 0.05) is 17.5 Å². The van der Waals surface area contributed by atoms with Crippen LogP contribution < -0.4 is 5.32 Å². The highest BCUT2D eigenvalue weighted by atomic mass is 35.5. The number of hydrogen-bond donors (Lipinski definition) is 1. The van der Waals surface area contributed by atoms with Crippen LogP contribution in [-0.4, -0.2) is 32.9 Å². The molecule has 1 aliphatic heterocycles. The van der Waals surface area contributed by atoms with E-state index in [1.807, 2.05) is 6.92 Å². The van der Waals surface area contributed by atoms with Gasteiger partial charge >= 0.3 is 0 Å². The molecule has 2 aromatic heterocycles. The number of thiazole rings is 1. The molecule has 0 unspecified atom stereocenters. The van der Waals surface area contributed by atoms with Crippen LogP contribution >= 0.6 is 22.9 Å². The Hall–Kier alpha value is -1.24. The van der Waals surface area contributed by atoms with E-state index in [-0.39, 0.29) is 0 Å². The van der Waals surface area contributed by atoms with E-state index in [1.54, 1.807) is 17.4 Å². The molecule has 1 saturated heterocycles. The van der Waals surface area contributed by atoms with Gasteiger partial charge in [-0.1, -0.05) is 18.5 Å². The number of hydrogen-bond acceptors (Lipinski definition) is 6. The molecule has 1 N–H and O–H groups in total. The minimum Gasteiger partial charge on any atom is -0.316 e. The molecule has 5 nitrogen and oxygen atoms in total. The van der Waals surface area contributed by atoms with Crippen molar-refractivity contribution in [2.45, 2.75) is 40.2 Å². The molecule has 23 heavy (non-hydrogen) atoms. The van der Waals surface area contributed by atoms with Gasteiger partial charge < -0.3 is 5.32 Å². The Morgan fingerprint density at radius 2 is 2.00 bits per heavy atom. The second kappa shape index (κ2) is 7.11. The Morgan fingerprint density at radius 3 is 2.70 bits per heavy atom. The van der Waals surface area contributed by atoms with Crippen LogP contribution in [0.15, 0.2) is 6.07 Å². The van der Waals surface area contributed by atoms with Crippen LogP contribution in [0.25, 0.3) is 0 Å². The quantitative estimate of drug-likeness (QED) is 0.837. The molecule has 0 aliphatic carbocycles. The van der Waals surface area contributed by atoms with Crippen LogP contribution in [0.1, 0.15) is 36.2 Å². The van der Waals surface area contributed by atoms with Crippen molar-refractivity contribution in [3.05, 3.63) is 27.6 Å². The van der Waals surface area contributed by atoms with Crippen LogP contribution in [0, 0.1) is 19.8 Å². The monoisotopic (exact) mass is 351 g/mol. The zero-order valence-electron chi connectivity index (χ0n) is 13.8. The third kappa shape index (κ3) is 4.40. The van der Waals surface area contributed by atoms with Crippen molar-refractivity contribution in [3.63, 3.8) is 0 Å². The van der Waals surface area contributed by atoms with Gasteiger partial charge in [-0.05, 0) is 45.7 Å². The molecule has 2 aromatic rings. The molecule has 0 radical (unpaired) electrons. The van der Waals surface area contributed by atoms with Gasteiger partial charge in [-0.25, -0.2) is 15.0 Å². The third-order valence-corrected chi connectivity index (χ3v) is 5.43. The molecule has 1 aliphatic rings. The van der Waals surface area contributed by atoms with E-state index in [9.17, 15) is 0 Å². The van der Waals surface area contributed by atoms with E-state index in [0.29, 0.717) is 16.8 Å². The fourth-order valence-electron chi connectivity index (χ4n) is 2.76. The second-order valence-corrected chi connectivity index (χ2v) is 7.71. The number of halogens is 1. The number of nitrogens with one attached hydrogen (secondary N) is 1. The molecule has 0 aromatic carbocycles. The van der Waals surface area contributed by atoms with Crippen LogP contribution in [0.4, 0.5) is 10.9 Å². The maximum absolute atomic E-state index is 5.98. The Labute approximate surface area is 146 Å². The summed E-state index contributed by atoms with van der Waals surface area (Å²) >= 11 is 7.67. The topological polar surface area (TPSA) is 53.9 Å². The fraction of sp³-hybridized carbons (Fsp3) is 0.562. The van der Waals surface area contributed by atoms with Gasteiger partial charge in [-0.2, -0.15) is 0 Å². The lowest BCUT2D eigenvalue weighted by molar-refractivity contribution is 0.186. The van der Waals surface area contributed by atoms with Crippen molar-refractivity contribution in [2.24, 2.45) is 5.92 Å². The Morgan fingerprint density at radius 1 is 1.26 bits per heavy atom. The smallest absolute Gasteiger partial charge is 0.188 e. The summed E-state index contributed by atoms with van der Waals surface area (Å²) in [4.78, 5) is 16.9. The first-order valence-corrected chi connectivity index (χ1v) is 9.16. The first-order chi connectivity index (χ1) is 11.0. The van der Waals surface area contributed by atoms with Crippen molar-refractivity contribution < 1.29 is 0 Å². The Kier molecular flexibility index (Phi) is 5.14. The zero-order valence-corrected chi connectivity index (χ0v) is 15.3. The molecule has 0 saturated carbocycles. The Bertz CT molecular complexity index is 659. The predicted molar refractivity (Wildman–Crippen MR) is 95.6 cm³/mol. The molecule has 0 bridgehead atoms. The standard InChI is InChI=1S/C16H22ClN5S/c1-10-4-6-22(7-5-10)9-13-11(2)18-16(23-13)21-15-8-14(17)19-12(3)20-15/h8,10H,4-7,9H2,1-3H3,(H,18,19,20,21). The molecule has 1 fully saturated rings. The SMILES string of the molecule is Cc1nc(Cl)cc(Nc2nc(C)c(CN3CCC(C)CC3)s2)n1. The molecule has 3 heterocycles. The van der Waals surface area contributed by atoms with Crippen molar-refractivity contribution >= 4 is 33.9 Å². The molecule has 0 spiro atoms. The van der Waals surface area contributed by atoms with Crippen LogP contribution in [0.2, 0.25) is 5.15 Å². The van der Waals surface area contributed by atoms with Crippen molar-refractivity contribution in [3.8, 4) is 0 Å². The van der Waals surface area contributed by atoms with E-state index < -0.39 is 0 Å². The summed E-state index contributed by atoms with van der Waals surface area (Å²) < 4.78 is 0. The molecule has 0 atom stereocenters. The van der Waals surface area contributed by atoms with Gasteiger partial charge in [0.1, 0.15) is 16.8 Å². The highest BCUT2D eigenvalue weighted by molar-refractivity contribution is 7.15. The largest absolute Gasteiger partial charge is 0.316 e. The highest BCUT2D eigenvalue weighted by Crippen LogP contribution is 2.28. The number of piperidine rings is 1. The maximum Gasteiger partial charge on any atom is 0.188 e. The van der Waals surface area contributed by atoms with Gasteiger partial charge in [0.2, 0.25) is 0 Å². The van der Waals surface area contributed by atoms with Gasteiger partial charge in [-0.3, -0.25) is 4.90 Å². The van der Waals surface area contributed by atoms with Gasteiger partial charge in [-0.15, -0.1) is 11.3 Å². The normalized spacial score (nSPS) is 16.7. The second-order valence-electron chi connectivity index (χ2n) is 6.23. The summed E-state index contributed by atoms with van der Waals surface area (Å²) in [7, 11) is 0. The average molecular weight is 352 g/mol. The Balaban J connectivity index is 1.68. The molecular formula is C16H22ClN5S. The highest BCUT2D eigenvalue weighted by Gasteiger charge is 2.18. The maximum atomic E-state index is 5.98. The zero-order chi connectivity index (χ0) is 16.4. The van der Waals surface area contributed by atoms with Crippen LogP contribution in [0.5, 0.6) is 0 Å². The average Bonchev–Trinajstić information content (AvgIpc) is 2.80. The summed E-state index contributed by atoms with van der Waals surface area (Å²) in [5.74, 6) is 2.20. The molecule has 7 heteroatoms. The van der Waals surface area contributed by atoms with Crippen LogP contribution in [-0.2, 0) is 6.54 Å². The van der Waals surface area contributed by atoms with Crippen molar-refractivity contribution in [1.82, 2.24) is 19.9 Å². The summed E-state index contributed by atoms with van der Waals surface area (Å²) in [6.07, 6.45) is 2.59. The van der Waals surface area contributed by atoms with E-state index in [2.05, 4.69) is 39.0 Å². The van der Waals surface area contributed by atoms with Crippen molar-refractivity contribution in [1.29, 1.82) is 0 Å². The number of nitrogens with zero attached hydrogens (tertiary/aromatic N) is 4. The lowest BCUT2D eigenvalue weighted by Gasteiger charge is -2.29. The third-order valence-electron chi connectivity index (χ3n) is 4.18. The minimum absolute atomic E-state index is 0.441. The van der Waals surface area contributed by atoms with Gasteiger partial charge in [0.25, 0.3) is 0 Å². The lowest BCUT2D eigenvalue weighted by Crippen LogP contribution is -2.32. The summed E-state index contributed by atoms with van der Waals surface area (Å²) in [5, 5.41) is 4.54. The predicted octanol–water partition coefficient (Wildman–Crippen LogP) is 4.18. The van der Waals surface area contributed by atoms with E-state index in [0.717, 1.165) is 23.3 Å². The van der Waals surface area contributed by atoms with Crippen LogP contribution in [0.3, 0.4) is 0 Å². The summed E-state index contributed by atoms with van der Waals surface area (Å²) in [6.45, 7) is 9.59. The first-order valence-electron chi connectivity index (χ1n) is 7.96. The van der Waals surface area contributed by atoms with E-state index in [1.165, 1.54) is 30.8 Å². The minimum atomic E-state index is 0.441.